The van der Waals surface area contributed by atoms with E-state index in [4.69, 9.17) is 11.6 Å². The lowest BCUT2D eigenvalue weighted by Crippen LogP contribution is -2.18. The number of benzene rings is 1. The first-order valence-electron chi connectivity index (χ1n) is 8.34. The van der Waals surface area contributed by atoms with Gasteiger partial charge in [-0.25, -0.2) is 13.1 Å². The van der Waals surface area contributed by atoms with Crippen molar-refractivity contribution in [2.45, 2.75) is 19.4 Å². The van der Waals surface area contributed by atoms with Crippen molar-refractivity contribution in [3.05, 3.63) is 56.7 Å². The van der Waals surface area contributed by atoms with Gasteiger partial charge in [0.2, 0.25) is 5.91 Å². The molecule has 2 heterocycles. The van der Waals surface area contributed by atoms with Crippen molar-refractivity contribution >= 4 is 44.9 Å². The summed E-state index contributed by atoms with van der Waals surface area (Å²) in [5.74, 6) is 0.0106. The number of hydrogen-bond donors (Lipinski definition) is 1. The molecule has 28 heavy (non-hydrogen) atoms. The summed E-state index contributed by atoms with van der Waals surface area (Å²) in [6.07, 6.45) is 3.09. The van der Waals surface area contributed by atoms with Crippen molar-refractivity contribution in [3.63, 3.8) is 0 Å². The molecule has 1 aromatic carbocycles. The number of anilines is 1. The summed E-state index contributed by atoms with van der Waals surface area (Å²) >= 11 is 5.77. The number of nitrogens with zero attached hydrogens (tertiary/aromatic N) is 3. The van der Waals surface area contributed by atoms with Gasteiger partial charge in [0.25, 0.3) is 5.69 Å². The number of halogens is 1. The smallest absolute Gasteiger partial charge is 0.288 e. The average molecular weight is 425 g/mol. The summed E-state index contributed by atoms with van der Waals surface area (Å²) in [6, 6.07) is 5.54. The Bertz CT molecular complexity index is 1080. The van der Waals surface area contributed by atoms with Gasteiger partial charge in [0.1, 0.15) is 10.8 Å². The highest BCUT2D eigenvalue weighted by Gasteiger charge is 2.31. The normalized spacial score (nSPS) is 18.4. The number of aryl methyl sites for hydroxylation is 1. The van der Waals surface area contributed by atoms with Crippen LogP contribution in [0.1, 0.15) is 23.7 Å². The molecule has 0 radical (unpaired) electrons. The molecule has 1 atom stereocenters. The van der Waals surface area contributed by atoms with E-state index in [9.17, 15) is 23.3 Å². The van der Waals surface area contributed by atoms with Crippen LogP contribution in [0.4, 0.5) is 11.5 Å². The van der Waals surface area contributed by atoms with E-state index in [1.807, 2.05) is 0 Å². The highest BCUT2D eigenvalue weighted by molar-refractivity contribution is 7.91. The number of hydrogen-bond acceptors (Lipinski definition) is 6. The van der Waals surface area contributed by atoms with Gasteiger partial charge in [0.05, 0.1) is 28.2 Å². The zero-order valence-electron chi connectivity index (χ0n) is 14.8. The zero-order chi connectivity index (χ0) is 20.5. The van der Waals surface area contributed by atoms with Crippen LogP contribution in [0, 0.1) is 17.0 Å². The van der Waals surface area contributed by atoms with Crippen molar-refractivity contribution < 1.29 is 18.1 Å². The molecule has 1 amide bonds. The Morgan fingerprint density at radius 1 is 1.43 bits per heavy atom. The highest BCUT2D eigenvalue weighted by Crippen LogP contribution is 2.27. The number of carbonyl (C=O) groups excluding carboxylic acids is 1. The van der Waals surface area contributed by atoms with Gasteiger partial charge in [-0.2, -0.15) is 5.10 Å². The Balaban J connectivity index is 1.75. The minimum atomic E-state index is -3.09. The molecule has 1 unspecified atom stereocenters. The number of nitro groups is 1. The van der Waals surface area contributed by atoms with Gasteiger partial charge in [-0.3, -0.25) is 14.9 Å². The Kier molecular flexibility index (Phi) is 5.52. The molecule has 9 nitrogen and oxygen atoms in total. The fourth-order valence-electron chi connectivity index (χ4n) is 2.97. The Morgan fingerprint density at radius 3 is 2.82 bits per heavy atom. The molecule has 0 spiro atoms. The van der Waals surface area contributed by atoms with Crippen LogP contribution in [0.5, 0.6) is 0 Å². The van der Waals surface area contributed by atoms with E-state index in [1.54, 1.807) is 19.1 Å². The van der Waals surface area contributed by atoms with Crippen molar-refractivity contribution in [3.8, 4) is 0 Å². The third kappa shape index (κ3) is 4.57. The van der Waals surface area contributed by atoms with Crippen LogP contribution in [0.25, 0.3) is 6.08 Å². The summed E-state index contributed by atoms with van der Waals surface area (Å²) in [4.78, 5) is 22.6. The number of rotatable bonds is 5. The van der Waals surface area contributed by atoms with Gasteiger partial charge in [-0.1, -0.05) is 17.7 Å². The molecule has 11 heteroatoms. The fourth-order valence-corrected chi connectivity index (χ4v) is 4.85. The molecule has 1 aromatic heterocycles. The second kappa shape index (κ2) is 7.72. The molecule has 2 aromatic rings. The fraction of sp³-hybridized carbons (Fsp3) is 0.294. The summed E-state index contributed by atoms with van der Waals surface area (Å²) in [5, 5.41) is 17.9. The van der Waals surface area contributed by atoms with Crippen LogP contribution in [-0.4, -0.2) is 40.5 Å². The quantitative estimate of drug-likeness (QED) is 0.447. The number of sulfone groups is 1. The number of nitrogens with one attached hydrogen (secondary N) is 1. The maximum Gasteiger partial charge on any atom is 0.288 e. The first kappa shape index (κ1) is 20.0. The van der Waals surface area contributed by atoms with E-state index < -0.39 is 20.7 Å². The molecule has 1 saturated heterocycles. The number of carbonyl (C=O) groups is 1. The third-order valence-electron chi connectivity index (χ3n) is 4.26. The second-order valence-corrected chi connectivity index (χ2v) is 9.10. The number of nitro benzene ring substituents is 1. The van der Waals surface area contributed by atoms with Gasteiger partial charge in [-0.15, -0.1) is 0 Å². The summed E-state index contributed by atoms with van der Waals surface area (Å²) < 4.78 is 25.0. The minimum Gasteiger partial charge on any atom is -0.307 e. The van der Waals surface area contributed by atoms with Crippen molar-refractivity contribution in [1.82, 2.24) is 9.78 Å². The minimum absolute atomic E-state index is 0.0116. The van der Waals surface area contributed by atoms with Gasteiger partial charge in [0, 0.05) is 18.2 Å². The predicted molar refractivity (Wildman–Crippen MR) is 105 cm³/mol. The Hall–Kier alpha value is -2.72. The number of amides is 1. The Labute approximate surface area is 166 Å². The molecule has 1 aliphatic rings. The monoisotopic (exact) mass is 424 g/mol. The van der Waals surface area contributed by atoms with E-state index >= 15 is 0 Å². The average Bonchev–Trinajstić information content (AvgIpc) is 3.15. The lowest BCUT2D eigenvalue weighted by Gasteiger charge is -2.13. The maximum absolute atomic E-state index is 12.3. The van der Waals surface area contributed by atoms with Gasteiger partial charge in [-0.05, 0) is 31.1 Å². The third-order valence-corrected chi connectivity index (χ3v) is 6.33. The van der Waals surface area contributed by atoms with Crippen molar-refractivity contribution in [1.29, 1.82) is 0 Å². The molecular formula is C17H17ClN4O5S. The molecule has 1 aliphatic heterocycles. The lowest BCUT2D eigenvalue weighted by molar-refractivity contribution is -0.384. The van der Waals surface area contributed by atoms with Crippen LogP contribution in [0.2, 0.25) is 5.02 Å². The molecule has 1 N–H and O–H groups in total. The van der Waals surface area contributed by atoms with E-state index in [1.165, 1.54) is 29.0 Å². The van der Waals surface area contributed by atoms with Crippen LogP contribution < -0.4 is 5.32 Å². The molecule has 0 aliphatic carbocycles. The summed E-state index contributed by atoms with van der Waals surface area (Å²) in [7, 11) is -3.09. The topological polar surface area (TPSA) is 124 Å². The van der Waals surface area contributed by atoms with Crippen LogP contribution >= 0.6 is 11.6 Å². The predicted octanol–water partition coefficient (Wildman–Crippen LogP) is 2.76. The highest BCUT2D eigenvalue weighted by atomic mass is 35.5. The van der Waals surface area contributed by atoms with E-state index in [0.29, 0.717) is 23.5 Å². The molecular weight excluding hydrogens is 408 g/mol. The zero-order valence-corrected chi connectivity index (χ0v) is 16.4. The first-order chi connectivity index (χ1) is 13.1. The summed E-state index contributed by atoms with van der Waals surface area (Å²) in [6.45, 7) is 1.75. The SMILES string of the molecule is Cc1cc(NC(=O)/C=C/c2ccc(Cl)c([N+](=O)[O-])c2)n(C2CCS(=O)(=O)C2)n1. The first-order valence-corrected chi connectivity index (χ1v) is 10.5. The van der Waals surface area contributed by atoms with Gasteiger partial charge in [0.15, 0.2) is 9.84 Å². The number of aromatic nitrogens is 2. The van der Waals surface area contributed by atoms with E-state index in [0.717, 1.165) is 0 Å². The molecule has 1 fully saturated rings. The van der Waals surface area contributed by atoms with Crippen molar-refractivity contribution in [2.24, 2.45) is 0 Å². The van der Waals surface area contributed by atoms with Crippen LogP contribution in [0.3, 0.4) is 0 Å². The van der Waals surface area contributed by atoms with E-state index in [-0.39, 0.29) is 28.3 Å². The molecule has 0 bridgehead atoms. The Morgan fingerprint density at radius 2 is 2.18 bits per heavy atom. The van der Waals surface area contributed by atoms with Crippen molar-refractivity contribution in [2.75, 3.05) is 16.8 Å². The standard InChI is InChI=1S/C17H17ClN4O5S/c1-11-8-16(21(20-11)13-6-7-28(26,27)10-13)19-17(23)5-3-12-2-4-14(18)15(9-12)22(24)25/h2-5,8-9,13H,6-7,10H2,1H3,(H,19,23)/b5-3+. The lowest BCUT2D eigenvalue weighted by atomic mass is 10.2. The molecule has 3 rings (SSSR count). The van der Waals surface area contributed by atoms with Crippen LogP contribution in [0.15, 0.2) is 30.3 Å². The van der Waals surface area contributed by atoms with Gasteiger partial charge < -0.3 is 5.32 Å². The molecule has 148 valence electrons. The van der Waals surface area contributed by atoms with Crippen LogP contribution in [-0.2, 0) is 14.6 Å². The second-order valence-electron chi connectivity index (χ2n) is 6.46. The maximum atomic E-state index is 12.3. The summed E-state index contributed by atoms with van der Waals surface area (Å²) in [5.41, 5.74) is 0.843. The van der Waals surface area contributed by atoms with E-state index in [2.05, 4.69) is 10.4 Å². The van der Waals surface area contributed by atoms with Gasteiger partial charge >= 0.3 is 0 Å². The largest absolute Gasteiger partial charge is 0.307 e. The molecule has 0 saturated carbocycles.